The highest BCUT2D eigenvalue weighted by Gasteiger charge is 1.97. The molecule has 0 unspecified atom stereocenters. The maximum atomic E-state index is 10.7. The van der Waals surface area contributed by atoms with Gasteiger partial charge in [-0.05, 0) is 18.1 Å². The average Bonchev–Trinajstić information content (AvgIpc) is 2.29. The second kappa shape index (κ2) is 6.91. The lowest BCUT2D eigenvalue weighted by Gasteiger charge is -1.99. The number of rotatable bonds is 3. The molecule has 1 heterocycles. The molecule has 0 aliphatic carbocycles. The fourth-order valence-corrected chi connectivity index (χ4v) is 1.53. The van der Waals surface area contributed by atoms with Gasteiger partial charge in [-0.15, -0.1) is 0 Å². The van der Waals surface area contributed by atoms with Gasteiger partial charge in [0.1, 0.15) is 0 Å². The molecule has 1 rings (SSSR count). The number of hydrogen-bond donors (Lipinski definition) is 0. The van der Waals surface area contributed by atoms with Gasteiger partial charge in [-0.2, -0.15) is 0 Å². The minimum absolute atomic E-state index is 0.122. The molecule has 0 amide bonds. The standard InChI is InChI=1S/C12H13NO2S/c1-10(14)16-9-4-3-6-11-12(15-2)7-5-8-13-11/h5,7-8H,4,9H2,1-2H3. The van der Waals surface area contributed by atoms with Crippen molar-refractivity contribution in [2.45, 2.75) is 13.3 Å². The molecule has 0 saturated heterocycles. The van der Waals surface area contributed by atoms with Crippen molar-refractivity contribution in [2.75, 3.05) is 12.9 Å². The molecular formula is C12H13NO2S. The van der Waals surface area contributed by atoms with Gasteiger partial charge in [0.15, 0.2) is 16.6 Å². The van der Waals surface area contributed by atoms with E-state index in [2.05, 4.69) is 16.8 Å². The van der Waals surface area contributed by atoms with Gasteiger partial charge < -0.3 is 4.74 Å². The number of thioether (sulfide) groups is 1. The molecule has 0 aliphatic rings. The Labute approximate surface area is 99.6 Å². The van der Waals surface area contributed by atoms with Crippen molar-refractivity contribution in [3.05, 3.63) is 24.0 Å². The Hall–Kier alpha value is -1.47. The van der Waals surface area contributed by atoms with Crippen LogP contribution in [0.25, 0.3) is 0 Å². The minimum atomic E-state index is 0.122. The van der Waals surface area contributed by atoms with E-state index < -0.39 is 0 Å². The van der Waals surface area contributed by atoms with E-state index >= 15 is 0 Å². The van der Waals surface area contributed by atoms with Crippen LogP contribution in [0.15, 0.2) is 18.3 Å². The van der Waals surface area contributed by atoms with E-state index in [-0.39, 0.29) is 5.12 Å². The zero-order chi connectivity index (χ0) is 11.8. The number of carbonyl (C=O) groups is 1. The Morgan fingerprint density at radius 3 is 3.12 bits per heavy atom. The van der Waals surface area contributed by atoms with Crippen molar-refractivity contribution >= 4 is 16.9 Å². The molecule has 16 heavy (non-hydrogen) atoms. The molecule has 0 radical (unpaired) electrons. The van der Waals surface area contributed by atoms with Crippen LogP contribution < -0.4 is 4.74 Å². The van der Waals surface area contributed by atoms with Crippen molar-refractivity contribution in [2.24, 2.45) is 0 Å². The van der Waals surface area contributed by atoms with Gasteiger partial charge in [0, 0.05) is 25.3 Å². The first-order chi connectivity index (χ1) is 7.74. The van der Waals surface area contributed by atoms with Gasteiger partial charge in [0.2, 0.25) is 0 Å². The van der Waals surface area contributed by atoms with E-state index in [0.29, 0.717) is 17.9 Å². The van der Waals surface area contributed by atoms with E-state index in [4.69, 9.17) is 4.74 Å². The zero-order valence-corrected chi connectivity index (χ0v) is 10.1. The molecule has 1 aromatic rings. The number of nitrogens with zero attached hydrogens (tertiary/aromatic N) is 1. The average molecular weight is 235 g/mol. The number of ether oxygens (including phenoxy) is 1. The van der Waals surface area contributed by atoms with Crippen LogP contribution in [0.5, 0.6) is 5.75 Å². The lowest BCUT2D eigenvalue weighted by Crippen LogP contribution is -1.90. The fourth-order valence-electron chi connectivity index (χ4n) is 1.04. The lowest BCUT2D eigenvalue weighted by molar-refractivity contribution is -0.109. The monoisotopic (exact) mass is 235 g/mol. The van der Waals surface area contributed by atoms with Crippen molar-refractivity contribution < 1.29 is 9.53 Å². The van der Waals surface area contributed by atoms with Crippen molar-refractivity contribution in [3.63, 3.8) is 0 Å². The third-order valence-electron chi connectivity index (χ3n) is 1.73. The normalized spacial score (nSPS) is 9.12. The van der Waals surface area contributed by atoms with Crippen LogP contribution in [-0.4, -0.2) is 23.0 Å². The first kappa shape index (κ1) is 12.6. The highest BCUT2D eigenvalue weighted by atomic mass is 32.2. The molecule has 0 bridgehead atoms. The molecule has 0 fully saturated rings. The summed E-state index contributed by atoms with van der Waals surface area (Å²) in [5.74, 6) is 7.29. The molecule has 0 aliphatic heterocycles. The Balaban J connectivity index is 2.52. The summed E-state index contributed by atoms with van der Waals surface area (Å²) in [6.45, 7) is 1.56. The predicted octanol–water partition coefficient (Wildman–Crippen LogP) is 2.11. The van der Waals surface area contributed by atoms with Crippen LogP contribution in [0.2, 0.25) is 0 Å². The van der Waals surface area contributed by atoms with Gasteiger partial charge >= 0.3 is 0 Å². The Morgan fingerprint density at radius 1 is 1.62 bits per heavy atom. The first-order valence-corrected chi connectivity index (χ1v) is 5.84. The molecule has 1 aromatic heterocycles. The number of aromatic nitrogens is 1. The van der Waals surface area contributed by atoms with Crippen LogP contribution in [0.3, 0.4) is 0 Å². The third-order valence-corrected chi connectivity index (χ3v) is 2.54. The van der Waals surface area contributed by atoms with Gasteiger partial charge in [-0.1, -0.05) is 17.7 Å². The summed E-state index contributed by atoms with van der Waals surface area (Å²) >= 11 is 1.28. The predicted molar refractivity (Wildman–Crippen MR) is 65.4 cm³/mol. The maximum absolute atomic E-state index is 10.7. The molecule has 0 atom stereocenters. The second-order valence-electron chi connectivity index (χ2n) is 2.95. The summed E-state index contributed by atoms with van der Waals surface area (Å²) in [4.78, 5) is 14.8. The van der Waals surface area contributed by atoms with Crippen molar-refractivity contribution in [3.8, 4) is 17.6 Å². The zero-order valence-electron chi connectivity index (χ0n) is 9.32. The molecule has 0 aromatic carbocycles. The fraction of sp³-hybridized carbons (Fsp3) is 0.333. The summed E-state index contributed by atoms with van der Waals surface area (Å²) in [5, 5.41) is 0.122. The molecule has 0 N–H and O–H groups in total. The Bertz CT molecular complexity index is 421. The van der Waals surface area contributed by atoms with Crippen molar-refractivity contribution in [1.82, 2.24) is 4.98 Å². The largest absolute Gasteiger partial charge is 0.494 e. The molecule has 84 valence electrons. The van der Waals surface area contributed by atoms with E-state index in [0.717, 1.165) is 5.75 Å². The maximum Gasteiger partial charge on any atom is 0.185 e. The third kappa shape index (κ3) is 4.37. The second-order valence-corrected chi connectivity index (χ2v) is 4.22. The quantitative estimate of drug-likeness (QED) is 0.594. The molecule has 0 saturated carbocycles. The van der Waals surface area contributed by atoms with Crippen LogP contribution in [0.1, 0.15) is 19.0 Å². The molecule has 0 spiro atoms. The van der Waals surface area contributed by atoms with Crippen LogP contribution in [0, 0.1) is 11.8 Å². The SMILES string of the molecule is COc1cccnc1C#CCCSC(C)=O. The first-order valence-electron chi connectivity index (χ1n) is 4.85. The van der Waals surface area contributed by atoms with Crippen LogP contribution in [-0.2, 0) is 4.79 Å². The van der Waals surface area contributed by atoms with Crippen molar-refractivity contribution in [1.29, 1.82) is 0 Å². The van der Waals surface area contributed by atoms with Gasteiger partial charge in [0.25, 0.3) is 0 Å². The summed E-state index contributed by atoms with van der Waals surface area (Å²) < 4.78 is 5.12. The summed E-state index contributed by atoms with van der Waals surface area (Å²) in [7, 11) is 1.59. The molecule has 4 heteroatoms. The van der Waals surface area contributed by atoms with E-state index in [1.54, 1.807) is 26.3 Å². The van der Waals surface area contributed by atoms with Gasteiger partial charge in [-0.25, -0.2) is 4.98 Å². The van der Waals surface area contributed by atoms with E-state index in [1.807, 2.05) is 6.07 Å². The molecular weight excluding hydrogens is 222 g/mol. The summed E-state index contributed by atoms with van der Waals surface area (Å²) in [6.07, 6.45) is 2.35. The topological polar surface area (TPSA) is 39.2 Å². The van der Waals surface area contributed by atoms with E-state index in [9.17, 15) is 4.79 Å². The Morgan fingerprint density at radius 2 is 2.44 bits per heavy atom. The highest BCUT2D eigenvalue weighted by molar-refractivity contribution is 8.13. The van der Waals surface area contributed by atoms with Gasteiger partial charge in [0.05, 0.1) is 7.11 Å². The number of hydrogen-bond acceptors (Lipinski definition) is 4. The highest BCUT2D eigenvalue weighted by Crippen LogP contribution is 2.12. The summed E-state index contributed by atoms with van der Waals surface area (Å²) in [5.41, 5.74) is 0.637. The van der Waals surface area contributed by atoms with Gasteiger partial charge in [-0.3, -0.25) is 4.79 Å². The summed E-state index contributed by atoms with van der Waals surface area (Å²) in [6, 6.07) is 3.62. The van der Waals surface area contributed by atoms with Crippen LogP contribution >= 0.6 is 11.8 Å². The van der Waals surface area contributed by atoms with Crippen LogP contribution in [0.4, 0.5) is 0 Å². The smallest absolute Gasteiger partial charge is 0.185 e. The minimum Gasteiger partial charge on any atom is -0.494 e. The number of carbonyl (C=O) groups excluding carboxylic acids is 1. The Kier molecular flexibility index (Phi) is 5.44. The number of pyridine rings is 1. The van der Waals surface area contributed by atoms with E-state index in [1.165, 1.54) is 11.8 Å². The number of methoxy groups -OCH3 is 1. The lowest BCUT2D eigenvalue weighted by atomic mass is 10.3. The molecule has 3 nitrogen and oxygen atoms in total.